The number of rotatable bonds is 5. The van der Waals surface area contributed by atoms with E-state index < -0.39 is 0 Å². The van der Waals surface area contributed by atoms with Gasteiger partial charge in [-0.25, -0.2) is 0 Å². The van der Waals surface area contributed by atoms with Crippen LogP contribution in [-0.2, 0) is 6.54 Å². The third-order valence-electron chi connectivity index (χ3n) is 3.56. The second kappa shape index (κ2) is 5.85. The Morgan fingerprint density at radius 1 is 0.947 bits per heavy atom. The van der Waals surface area contributed by atoms with E-state index >= 15 is 0 Å². The Morgan fingerprint density at radius 2 is 1.63 bits per heavy atom. The summed E-state index contributed by atoms with van der Waals surface area (Å²) in [5, 5.41) is 3.54. The van der Waals surface area contributed by atoms with Crippen LogP contribution in [0.1, 0.15) is 17.5 Å². The summed E-state index contributed by atoms with van der Waals surface area (Å²) >= 11 is 0. The highest BCUT2D eigenvalue weighted by molar-refractivity contribution is 5.57. The lowest BCUT2D eigenvalue weighted by molar-refractivity contribution is 0.650. The zero-order valence-corrected chi connectivity index (χ0v) is 11.0. The van der Waals surface area contributed by atoms with Crippen LogP contribution in [0.2, 0.25) is 0 Å². The van der Waals surface area contributed by atoms with Gasteiger partial charge in [-0.2, -0.15) is 0 Å². The first kappa shape index (κ1) is 12.2. The highest BCUT2D eigenvalue weighted by Gasteiger charge is 2.28. The van der Waals surface area contributed by atoms with Crippen molar-refractivity contribution >= 4 is 6.08 Å². The van der Waals surface area contributed by atoms with E-state index in [1.165, 1.54) is 17.5 Å². The first-order valence-electron chi connectivity index (χ1n) is 6.92. The molecule has 0 heterocycles. The van der Waals surface area contributed by atoms with Gasteiger partial charge in [0.25, 0.3) is 0 Å². The van der Waals surface area contributed by atoms with Crippen LogP contribution in [0.15, 0.2) is 66.2 Å². The molecule has 1 aliphatic rings. The Balaban J connectivity index is 1.45. The van der Waals surface area contributed by atoms with E-state index in [-0.39, 0.29) is 0 Å². The van der Waals surface area contributed by atoms with E-state index in [2.05, 4.69) is 72.1 Å². The standard InChI is InChI=1S/C18H19N/c1-3-7-15(8-4-1)11-17-12-18(17)14-19-13-16-9-5-2-6-10-16/h1-11,18-19H,12-14H2/b17-11+. The van der Waals surface area contributed by atoms with Crippen LogP contribution in [0, 0.1) is 5.92 Å². The lowest BCUT2D eigenvalue weighted by atomic mass is 10.2. The molecule has 0 spiro atoms. The van der Waals surface area contributed by atoms with E-state index in [1.807, 2.05) is 0 Å². The van der Waals surface area contributed by atoms with E-state index in [0.717, 1.165) is 19.0 Å². The van der Waals surface area contributed by atoms with Crippen molar-refractivity contribution in [1.29, 1.82) is 0 Å². The molecule has 96 valence electrons. The molecule has 2 aromatic rings. The van der Waals surface area contributed by atoms with E-state index in [9.17, 15) is 0 Å². The van der Waals surface area contributed by atoms with Gasteiger partial charge in [0.1, 0.15) is 0 Å². The summed E-state index contributed by atoms with van der Waals surface area (Å²) in [6.45, 7) is 2.06. The van der Waals surface area contributed by atoms with Gasteiger partial charge in [-0.05, 0) is 23.5 Å². The van der Waals surface area contributed by atoms with Crippen molar-refractivity contribution in [2.75, 3.05) is 6.54 Å². The minimum atomic E-state index is 0.740. The summed E-state index contributed by atoms with van der Waals surface area (Å²) in [7, 11) is 0. The average molecular weight is 249 g/mol. The van der Waals surface area contributed by atoms with Gasteiger partial charge in [-0.1, -0.05) is 72.3 Å². The predicted molar refractivity (Wildman–Crippen MR) is 80.7 cm³/mol. The molecule has 1 unspecified atom stereocenters. The van der Waals surface area contributed by atoms with Crippen LogP contribution in [0.25, 0.3) is 6.08 Å². The SMILES string of the molecule is C(=C1/CC1CNCc1ccccc1)/c1ccccc1. The van der Waals surface area contributed by atoms with Crippen molar-refractivity contribution in [3.05, 3.63) is 77.4 Å². The van der Waals surface area contributed by atoms with Gasteiger partial charge in [-0.15, -0.1) is 0 Å². The zero-order chi connectivity index (χ0) is 12.9. The van der Waals surface area contributed by atoms with Crippen molar-refractivity contribution < 1.29 is 0 Å². The molecule has 0 saturated heterocycles. The molecule has 1 atom stereocenters. The van der Waals surface area contributed by atoms with Gasteiger partial charge >= 0.3 is 0 Å². The zero-order valence-electron chi connectivity index (χ0n) is 11.0. The summed E-state index contributed by atoms with van der Waals surface area (Å²) < 4.78 is 0. The third-order valence-corrected chi connectivity index (χ3v) is 3.56. The Kier molecular flexibility index (Phi) is 3.75. The monoisotopic (exact) mass is 249 g/mol. The molecule has 1 saturated carbocycles. The average Bonchev–Trinajstić information content (AvgIpc) is 3.19. The fraction of sp³-hybridized carbons (Fsp3) is 0.222. The van der Waals surface area contributed by atoms with Gasteiger partial charge in [0.05, 0.1) is 0 Å². The molecule has 0 radical (unpaired) electrons. The molecule has 3 rings (SSSR count). The van der Waals surface area contributed by atoms with Crippen molar-refractivity contribution in [3.63, 3.8) is 0 Å². The minimum absolute atomic E-state index is 0.740. The fourth-order valence-electron chi connectivity index (χ4n) is 2.36. The molecule has 0 aliphatic heterocycles. The van der Waals surface area contributed by atoms with Gasteiger partial charge in [-0.3, -0.25) is 0 Å². The summed E-state index contributed by atoms with van der Waals surface area (Å²) in [4.78, 5) is 0. The molecule has 0 bridgehead atoms. The maximum Gasteiger partial charge on any atom is 0.0205 e. The lowest BCUT2D eigenvalue weighted by Crippen LogP contribution is -2.16. The number of hydrogen-bond acceptors (Lipinski definition) is 1. The quantitative estimate of drug-likeness (QED) is 0.848. The first-order chi connectivity index (χ1) is 9.42. The number of benzene rings is 2. The highest BCUT2D eigenvalue weighted by atomic mass is 14.9. The molecule has 1 N–H and O–H groups in total. The van der Waals surface area contributed by atoms with Gasteiger partial charge in [0, 0.05) is 13.1 Å². The van der Waals surface area contributed by atoms with E-state index in [1.54, 1.807) is 5.57 Å². The normalized spacial score (nSPS) is 19.6. The van der Waals surface area contributed by atoms with E-state index in [4.69, 9.17) is 0 Å². The number of hydrogen-bond donors (Lipinski definition) is 1. The molecule has 2 aromatic carbocycles. The highest BCUT2D eigenvalue weighted by Crippen LogP contribution is 2.38. The van der Waals surface area contributed by atoms with Crippen molar-refractivity contribution in [3.8, 4) is 0 Å². The Hall–Kier alpha value is -1.86. The Bertz CT molecular complexity index is 542. The Morgan fingerprint density at radius 3 is 2.37 bits per heavy atom. The first-order valence-corrected chi connectivity index (χ1v) is 6.92. The van der Waals surface area contributed by atoms with Crippen LogP contribution >= 0.6 is 0 Å². The van der Waals surface area contributed by atoms with Gasteiger partial charge in [0.15, 0.2) is 0 Å². The molecule has 1 aliphatic carbocycles. The minimum Gasteiger partial charge on any atom is -0.312 e. The molecule has 0 amide bonds. The summed E-state index contributed by atoms with van der Waals surface area (Å²) in [5.74, 6) is 0.740. The fourth-order valence-corrected chi connectivity index (χ4v) is 2.36. The second-order valence-electron chi connectivity index (χ2n) is 5.15. The smallest absolute Gasteiger partial charge is 0.0205 e. The number of nitrogens with one attached hydrogen (secondary N) is 1. The lowest BCUT2D eigenvalue weighted by Gasteiger charge is -2.02. The van der Waals surface area contributed by atoms with Crippen molar-refractivity contribution in [2.24, 2.45) is 5.92 Å². The third kappa shape index (κ3) is 3.55. The molecular formula is C18H19N. The van der Waals surface area contributed by atoms with Crippen molar-refractivity contribution in [1.82, 2.24) is 5.32 Å². The molecule has 1 fully saturated rings. The summed E-state index contributed by atoms with van der Waals surface area (Å²) in [6.07, 6.45) is 3.57. The summed E-state index contributed by atoms with van der Waals surface area (Å²) in [6, 6.07) is 21.2. The van der Waals surface area contributed by atoms with Gasteiger partial charge < -0.3 is 5.32 Å². The summed E-state index contributed by atoms with van der Waals surface area (Å²) in [5.41, 5.74) is 4.26. The molecule has 1 nitrogen and oxygen atoms in total. The van der Waals surface area contributed by atoms with Crippen LogP contribution in [-0.4, -0.2) is 6.54 Å². The Labute approximate surface area is 115 Å². The maximum absolute atomic E-state index is 3.54. The topological polar surface area (TPSA) is 12.0 Å². The largest absolute Gasteiger partial charge is 0.312 e. The van der Waals surface area contributed by atoms with Crippen LogP contribution in [0.5, 0.6) is 0 Å². The second-order valence-corrected chi connectivity index (χ2v) is 5.15. The molecular weight excluding hydrogens is 230 g/mol. The van der Waals surface area contributed by atoms with Gasteiger partial charge in [0.2, 0.25) is 0 Å². The maximum atomic E-state index is 3.54. The molecule has 0 aromatic heterocycles. The van der Waals surface area contributed by atoms with Crippen LogP contribution in [0.3, 0.4) is 0 Å². The van der Waals surface area contributed by atoms with Crippen LogP contribution in [0.4, 0.5) is 0 Å². The molecule has 1 heteroatoms. The van der Waals surface area contributed by atoms with E-state index in [0.29, 0.717) is 0 Å². The van der Waals surface area contributed by atoms with Crippen LogP contribution < -0.4 is 5.32 Å². The van der Waals surface area contributed by atoms with Crippen molar-refractivity contribution in [2.45, 2.75) is 13.0 Å². The molecule has 19 heavy (non-hydrogen) atoms. The predicted octanol–water partition coefficient (Wildman–Crippen LogP) is 3.88.